The third-order valence-corrected chi connectivity index (χ3v) is 4.59. The lowest BCUT2D eigenvalue weighted by atomic mass is 10.1. The summed E-state index contributed by atoms with van der Waals surface area (Å²) in [4.78, 5) is 29.2. The monoisotopic (exact) mass is 378 g/mol. The topological polar surface area (TPSA) is 68.3 Å². The quantitative estimate of drug-likeness (QED) is 0.396. The maximum absolute atomic E-state index is 12.0. The Bertz CT molecular complexity index is 996. The van der Waals surface area contributed by atoms with Crippen molar-refractivity contribution in [1.29, 1.82) is 0 Å². The minimum Gasteiger partial charge on any atom is -0.452 e. The van der Waals surface area contributed by atoms with E-state index >= 15 is 0 Å². The van der Waals surface area contributed by atoms with Crippen LogP contribution in [0.3, 0.4) is 0 Å². The average molecular weight is 378 g/mol. The van der Waals surface area contributed by atoms with E-state index in [-0.39, 0.29) is 12.5 Å². The van der Waals surface area contributed by atoms with E-state index in [2.05, 4.69) is 10.3 Å². The summed E-state index contributed by atoms with van der Waals surface area (Å²) < 4.78 is 5.02. The van der Waals surface area contributed by atoms with Crippen molar-refractivity contribution in [3.8, 4) is 0 Å². The SMILES string of the molecule is CSc1ccccc1NC(=O)COC(=O)/C=C/c1cccc2cccnc12. The summed E-state index contributed by atoms with van der Waals surface area (Å²) in [7, 11) is 0. The second-order valence-corrected chi connectivity index (χ2v) is 6.46. The molecule has 0 aliphatic carbocycles. The molecule has 5 nitrogen and oxygen atoms in total. The lowest BCUT2D eigenvalue weighted by Crippen LogP contribution is -2.20. The molecule has 136 valence electrons. The van der Waals surface area contributed by atoms with Crippen molar-refractivity contribution in [2.45, 2.75) is 4.90 Å². The number of benzene rings is 2. The predicted octanol–water partition coefficient (Wildman–Crippen LogP) is 4.15. The fourth-order valence-electron chi connectivity index (χ4n) is 2.54. The molecule has 3 aromatic rings. The largest absolute Gasteiger partial charge is 0.452 e. The normalized spacial score (nSPS) is 10.9. The number of amides is 1. The maximum Gasteiger partial charge on any atom is 0.331 e. The first-order chi connectivity index (χ1) is 13.2. The van der Waals surface area contributed by atoms with E-state index in [0.29, 0.717) is 5.69 Å². The standard InChI is InChI=1S/C21H18N2O3S/c1-27-18-10-3-2-9-17(18)23-19(24)14-26-20(25)12-11-16-7-4-6-15-8-5-13-22-21(15)16/h2-13H,14H2,1H3,(H,23,24)/b12-11+. The van der Waals surface area contributed by atoms with Gasteiger partial charge in [0.15, 0.2) is 6.61 Å². The molecule has 3 rings (SSSR count). The molecule has 0 aliphatic heterocycles. The molecule has 6 heteroatoms. The number of aromatic nitrogens is 1. The minimum atomic E-state index is -0.587. The first-order valence-corrected chi connectivity index (χ1v) is 9.51. The summed E-state index contributed by atoms with van der Waals surface area (Å²) in [5, 5.41) is 3.73. The highest BCUT2D eigenvalue weighted by Gasteiger charge is 2.08. The van der Waals surface area contributed by atoms with Gasteiger partial charge in [-0.05, 0) is 30.5 Å². The van der Waals surface area contributed by atoms with Gasteiger partial charge in [-0.15, -0.1) is 11.8 Å². The second-order valence-electron chi connectivity index (χ2n) is 5.61. The number of carbonyl (C=O) groups excluding carboxylic acids is 2. The Kier molecular flexibility index (Phi) is 6.22. The molecular formula is C21H18N2O3S. The summed E-state index contributed by atoms with van der Waals surface area (Å²) in [6, 6.07) is 17.0. The fraction of sp³-hybridized carbons (Fsp3) is 0.0952. The van der Waals surface area contributed by atoms with Crippen molar-refractivity contribution in [1.82, 2.24) is 4.98 Å². The number of nitrogens with one attached hydrogen (secondary N) is 1. The van der Waals surface area contributed by atoms with Gasteiger partial charge >= 0.3 is 5.97 Å². The molecular weight excluding hydrogens is 360 g/mol. The zero-order chi connectivity index (χ0) is 19.1. The number of ether oxygens (including phenoxy) is 1. The van der Waals surface area contributed by atoms with Gasteiger partial charge in [0.25, 0.3) is 5.91 Å². The molecule has 1 heterocycles. The first-order valence-electron chi connectivity index (χ1n) is 8.29. The Morgan fingerprint density at radius 2 is 1.93 bits per heavy atom. The Balaban J connectivity index is 1.57. The van der Waals surface area contributed by atoms with Gasteiger partial charge in [0.2, 0.25) is 0 Å². The number of fused-ring (bicyclic) bond motifs is 1. The summed E-state index contributed by atoms with van der Waals surface area (Å²) in [6.45, 7) is -0.348. The smallest absolute Gasteiger partial charge is 0.331 e. The lowest BCUT2D eigenvalue weighted by Gasteiger charge is -2.09. The van der Waals surface area contributed by atoms with Gasteiger partial charge in [-0.1, -0.05) is 36.4 Å². The van der Waals surface area contributed by atoms with Gasteiger partial charge in [-0.25, -0.2) is 4.79 Å². The average Bonchev–Trinajstić information content (AvgIpc) is 2.71. The van der Waals surface area contributed by atoms with Gasteiger partial charge < -0.3 is 10.1 Å². The number of hydrogen-bond acceptors (Lipinski definition) is 5. The lowest BCUT2D eigenvalue weighted by molar-refractivity contribution is -0.142. The van der Waals surface area contributed by atoms with Crippen LogP contribution in [0.2, 0.25) is 0 Å². The molecule has 0 aliphatic rings. The van der Waals surface area contributed by atoms with Crippen molar-refractivity contribution in [3.63, 3.8) is 0 Å². The van der Waals surface area contributed by atoms with Gasteiger partial charge in [-0.2, -0.15) is 0 Å². The minimum absolute atomic E-state index is 0.348. The number of nitrogens with zero attached hydrogens (tertiary/aromatic N) is 1. The van der Waals surface area contributed by atoms with Crippen LogP contribution in [0.5, 0.6) is 0 Å². The summed E-state index contributed by atoms with van der Waals surface area (Å²) >= 11 is 1.53. The van der Waals surface area contributed by atoms with E-state index < -0.39 is 5.97 Å². The fourth-order valence-corrected chi connectivity index (χ4v) is 3.09. The van der Waals surface area contributed by atoms with Crippen LogP contribution in [-0.4, -0.2) is 29.7 Å². The van der Waals surface area contributed by atoms with Crippen LogP contribution in [-0.2, 0) is 14.3 Å². The number of esters is 1. The van der Waals surface area contributed by atoms with Gasteiger partial charge in [-0.3, -0.25) is 9.78 Å². The number of hydrogen-bond donors (Lipinski definition) is 1. The molecule has 1 amide bonds. The van der Waals surface area contributed by atoms with Crippen molar-refractivity contribution in [2.24, 2.45) is 0 Å². The second kappa shape index (κ2) is 9.00. The number of para-hydroxylation sites is 2. The van der Waals surface area contributed by atoms with Crippen molar-refractivity contribution >= 4 is 46.3 Å². The summed E-state index contributed by atoms with van der Waals surface area (Å²) in [5.74, 6) is -0.971. The third kappa shape index (κ3) is 4.95. The van der Waals surface area contributed by atoms with E-state index in [4.69, 9.17) is 4.74 Å². The number of pyridine rings is 1. The molecule has 27 heavy (non-hydrogen) atoms. The molecule has 1 N–H and O–H groups in total. The Morgan fingerprint density at radius 1 is 1.11 bits per heavy atom. The zero-order valence-electron chi connectivity index (χ0n) is 14.7. The molecule has 0 bridgehead atoms. The third-order valence-electron chi connectivity index (χ3n) is 3.79. The highest BCUT2D eigenvalue weighted by molar-refractivity contribution is 7.98. The van der Waals surface area contributed by atoms with Crippen molar-refractivity contribution < 1.29 is 14.3 Å². The van der Waals surface area contributed by atoms with E-state index in [0.717, 1.165) is 21.4 Å². The molecule has 0 radical (unpaired) electrons. The van der Waals surface area contributed by atoms with E-state index in [1.807, 2.05) is 54.8 Å². The highest BCUT2D eigenvalue weighted by atomic mass is 32.2. The molecule has 0 fully saturated rings. The Hall–Kier alpha value is -3.12. The molecule has 1 aromatic heterocycles. The number of carbonyl (C=O) groups is 2. The van der Waals surface area contributed by atoms with Crippen molar-refractivity contribution in [3.05, 3.63) is 72.4 Å². The van der Waals surface area contributed by atoms with Crippen LogP contribution < -0.4 is 5.32 Å². The molecule has 0 saturated carbocycles. The number of rotatable bonds is 6. The van der Waals surface area contributed by atoms with Crippen LogP contribution in [0.25, 0.3) is 17.0 Å². The zero-order valence-corrected chi connectivity index (χ0v) is 15.5. The molecule has 0 saturated heterocycles. The van der Waals surface area contributed by atoms with Gasteiger partial charge in [0.05, 0.1) is 11.2 Å². The van der Waals surface area contributed by atoms with Gasteiger partial charge in [0.1, 0.15) is 0 Å². The van der Waals surface area contributed by atoms with Crippen LogP contribution >= 0.6 is 11.8 Å². The highest BCUT2D eigenvalue weighted by Crippen LogP contribution is 2.24. The van der Waals surface area contributed by atoms with Crippen LogP contribution in [0.4, 0.5) is 5.69 Å². The van der Waals surface area contributed by atoms with Crippen LogP contribution in [0.15, 0.2) is 71.8 Å². The maximum atomic E-state index is 12.0. The Morgan fingerprint density at radius 3 is 2.78 bits per heavy atom. The van der Waals surface area contributed by atoms with E-state index in [1.54, 1.807) is 18.3 Å². The van der Waals surface area contributed by atoms with Gasteiger partial charge in [0, 0.05) is 28.1 Å². The Labute approximate surface area is 161 Å². The van der Waals surface area contributed by atoms with Crippen LogP contribution in [0, 0.1) is 0 Å². The summed E-state index contributed by atoms with van der Waals surface area (Å²) in [5.41, 5.74) is 2.31. The molecule has 0 spiro atoms. The first kappa shape index (κ1) is 18.7. The van der Waals surface area contributed by atoms with E-state index in [1.165, 1.54) is 17.8 Å². The molecule has 2 aromatic carbocycles. The number of thioether (sulfide) groups is 1. The number of anilines is 1. The van der Waals surface area contributed by atoms with E-state index in [9.17, 15) is 9.59 Å². The van der Waals surface area contributed by atoms with Crippen LogP contribution in [0.1, 0.15) is 5.56 Å². The molecule has 0 atom stereocenters. The predicted molar refractivity (Wildman–Crippen MR) is 109 cm³/mol. The summed E-state index contributed by atoms with van der Waals surface area (Å²) in [6.07, 6.45) is 6.57. The molecule has 0 unspecified atom stereocenters. The van der Waals surface area contributed by atoms with Crippen molar-refractivity contribution in [2.75, 3.05) is 18.2 Å².